The summed E-state index contributed by atoms with van der Waals surface area (Å²) < 4.78 is 0. The summed E-state index contributed by atoms with van der Waals surface area (Å²) in [7, 11) is 0. The van der Waals surface area contributed by atoms with E-state index in [0.717, 1.165) is 12.8 Å². The van der Waals surface area contributed by atoms with Crippen LogP contribution in [0.5, 0.6) is 0 Å². The third-order valence-electron chi connectivity index (χ3n) is 3.92. The van der Waals surface area contributed by atoms with Gasteiger partial charge in [-0.3, -0.25) is 4.79 Å². The van der Waals surface area contributed by atoms with Crippen molar-refractivity contribution in [3.8, 4) is 0 Å². The van der Waals surface area contributed by atoms with Gasteiger partial charge >= 0.3 is 5.97 Å². The Morgan fingerprint density at radius 2 is 2.00 bits per heavy atom. The zero-order valence-electron chi connectivity index (χ0n) is 13.1. The molecule has 0 aromatic heterocycles. The van der Waals surface area contributed by atoms with Gasteiger partial charge in [0.1, 0.15) is 0 Å². The van der Waals surface area contributed by atoms with Gasteiger partial charge in [0.2, 0.25) is 0 Å². The molecular formula is C18H27NO2. The zero-order chi connectivity index (χ0) is 15.7. The second-order valence-corrected chi connectivity index (χ2v) is 5.78. The number of carboxylic acids is 1. The van der Waals surface area contributed by atoms with Crippen molar-refractivity contribution in [1.29, 1.82) is 0 Å². The molecule has 3 heteroatoms. The van der Waals surface area contributed by atoms with Gasteiger partial charge < -0.3 is 10.4 Å². The van der Waals surface area contributed by atoms with Gasteiger partial charge in [-0.05, 0) is 37.7 Å². The first kappa shape index (κ1) is 17.4. The van der Waals surface area contributed by atoms with Crippen LogP contribution in [0.3, 0.4) is 0 Å². The van der Waals surface area contributed by atoms with Gasteiger partial charge in [-0.2, -0.15) is 0 Å². The van der Waals surface area contributed by atoms with E-state index in [9.17, 15) is 4.79 Å². The second-order valence-electron chi connectivity index (χ2n) is 5.78. The summed E-state index contributed by atoms with van der Waals surface area (Å²) >= 11 is 0. The topological polar surface area (TPSA) is 49.3 Å². The maximum absolute atomic E-state index is 10.8. The first-order chi connectivity index (χ1) is 10.0. The van der Waals surface area contributed by atoms with Gasteiger partial charge in [0, 0.05) is 18.5 Å². The minimum Gasteiger partial charge on any atom is -0.481 e. The number of rotatable bonds is 10. The highest BCUT2D eigenvalue weighted by Crippen LogP contribution is 2.13. The summed E-state index contributed by atoms with van der Waals surface area (Å²) in [4.78, 5) is 10.8. The molecule has 0 bridgehead atoms. The van der Waals surface area contributed by atoms with Crippen molar-refractivity contribution in [2.24, 2.45) is 5.92 Å². The fourth-order valence-electron chi connectivity index (χ4n) is 2.44. The summed E-state index contributed by atoms with van der Waals surface area (Å²) in [5.74, 6) is -0.243. The highest BCUT2D eigenvalue weighted by atomic mass is 16.4. The molecule has 1 rings (SSSR count). The largest absolute Gasteiger partial charge is 0.481 e. The molecule has 0 amide bonds. The normalized spacial score (nSPS) is 15.1. The third-order valence-corrected chi connectivity index (χ3v) is 3.92. The summed E-state index contributed by atoms with van der Waals surface area (Å²) in [5, 5.41) is 12.5. The van der Waals surface area contributed by atoms with Crippen LogP contribution < -0.4 is 5.32 Å². The van der Waals surface area contributed by atoms with Crippen molar-refractivity contribution >= 4 is 5.97 Å². The minimum atomic E-state index is -0.735. The Kier molecular flexibility index (Phi) is 7.76. The number of carboxylic acid groups (broad SMARTS) is 1. The van der Waals surface area contributed by atoms with E-state index in [2.05, 4.69) is 37.9 Å². The maximum atomic E-state index is 10.8. The number of allylic oxidation sites excluding steroid dienone is 1. The molecule has 0 fully saturated rings. The molecule has 0 aliphatic carbocycles. The predicted molar refractivity (Wildman–Crippen MR) is 87.4 cm³/mol. The SMILES string of the molecule is C=CCC(C)C(C)NC(CCC(=O)O)Cc1ccccc1. The average molecular weight is 289 g/mol. The van der Waals surface area contributed by atoms with E-state index < -0.39 is 5.97 Å². The molecule has 3 atom stereocenters. The lowest BCUT2D eigenvalue weighted by molar-refractivity contribution is -0.137. The Labute approximate surface area is 128 Å². The quantitative estimate of drug-likeness (QED) is 0.646. The van der Waals surface area contributed by atoms with Gasteiger partial charge in [0.15, 0.2) is 0 Å². The van der Waals surface area contributed by atoms with Crippen LogP contribution in [-0.4, -0.2) is 23.2 Å². The van der Waals surface area contributed by atoms with Gasteiger partial charge in [0.05, 0.1) is 0 Å². The van der Waals surface area contributed by atoms with Crippen LogP contribution in [0.15, 0.2) is 43.0 Å². The molecule has 2 N–H and O–H groups in total. The van der Waals surface area contributed by atoms with E-state index in [-0.39, 0.29) is 12.5 Å². The van der Waals surface area contributed by atoms with Crippen molar-refractivity contribution in [3.05, 3.63) is 48.6 Å². The first-order valence-corrected chi connectivity index (χ1v) is 7.65. The molecule has 3 nitrogen and oxygen atoms in total. The zero-order valence-corrected chi connectivity index (χ0v) is 13.1. The van der Waals surface area contributed by atoms with E-state index >= 15 is 0 Å². The van der Waals surface area contributed by atoms with E-state index in [1.165, 1.54) is 5.56 Å². The number of hydrogen-bond acceptors (Lipinski definition) is 2. The number of aliphatic carboxylic acids is 1. The lowest BCUT2D eigenvalue weighted by Crippen LogP contribution is -2.41. The van der Waals surface area contributed by atoms with Crippen molar-refractivity contribution in [1.82, 2.24) is 5.32 Å². The fourth-order valence-corrected chi connectivity index (χ4v) is 2.44. The molecular weight excluding hydrogens is 262 g/mol. The summed E-state index contributed by atoms with van der Waals surface area (Å²) in [6.07, 6.45) is 4.61. The molecule has 0 aliphatic heterocycles. The number of nitrogens with one attached hydrogen (secondary N) is 1. The van der Waals surface area contributed by atoms with Crippen LogP contribution in [0.25, 0.3) is 0 Å². The molecule has 0 radical (unpaired) electrons. The molecule has 0 spiro atoms. The summed E-state index contributed by atoms with van der Waals surface area (Å²) in [6, 6.07) is 10.7. The lowest BCUT2D eigenvalue weighted by Gasteiger charge is -2.27. The minimum absolute atomic E-state index is 0.186. The van der Waals surface area contributed by atoms with Crippen molar-refractivity contribution in [3.63, 3.8) is 0 Å². The van der Waals surface area contributed by atoms with Crippen LogP contribution in [0, 0.1) is 5.92 Å². The monoisotopic (exact) mass is 289 g/mol. The van der Waals surface area contributed by atoms with E-state index in [1.54, 1.807) is 0 Å². The number of carbonyl (C=O) groups is 1. The molecule has 0 saturated carbocycles. The maximum Gasteiger partial charge on any atom is 0.303 e. The highest BCUT2D eigenvalue weighted by molar-refractivity contribution is 5.66. The highest BCUT2D eigenvalue weighted by Gasteiger charge is 2.17. The van der Waals surface area contributed by atoms with Gasteiger partial charge in [-0.25, -0.2) is 0 Å². The van der Waals surface area contributed by atoms with E-state index in [4.69, 9.17) is 5.11 Å². The Bertz CT molecular complexity index is 430. The standard InChI is InChI=1S/C18H27NO2/c1-4-8-14(2)15(3)19-17(11-12-18(20)21)13-16-9-6-5-7-10-16/h4-7,9-10,14-15,17,19H,1,8,11-13H2,2-3H3,(H,20,21). The molecule has 0 saturated heterocycles. The second kappa shape index (κ2) is 9.35. The van der Waals surface area contributed by atoms with Gasteiger partial charge in [-0.1, -0.05) is 43.3 Å². The summed E-state index contributed by atoms with van der Waals surface area (Å²) in [6.45, 7) is 8.13. The van der Waals surface area contributed by atoms with Crippen molar-refractivity contribution in [2.45, 2.75) is 51.6 Å². The third kappa shape index (κ3) is 7.09. The average Bonchev–Trinajstić information content (AvgIpc) is 2.46. The Morgan fingerprint density at radius 3 is 2.57 bits per heavy atom. The molecule has 116 valence electrons. The van der Waals surface area contributed by atoms with Crippen LogP contribution >= 0.6 is 0 Å². The van der Waals surface area contributed by atoms with Crippen molar-refractivity contribution < 1.29 is 9.90 Å². The summed E-state index contributed by atoms with van der Waals surface area (Å²) in [5.41, 5.74) is 1.24. The smallest absolute Gasteiger partial charge is 0.303 e. The Balaban J connectivity index is 2.63. The van der Waals surface area contributed by atoms with Crippen LogP contribution in [0.1, 0.15) is 38.7 Å². The Hall–Kier alpha value is -1.61. The predicted octanol–water partition coefficient (Wildman–Crippen LogP) is 3.65. The lowest BCUT2D eigenvalue weighted by atomic mass is 9.96. The molecule has 3 unspecified atom stereocenters. The molecule has 0 aliphatic rings. The van der Waals surface area contributed by atoms with E-state index in [1.807, 2.05) is 24.3 Å². The van der Waals surface area contributed by atoms with Gasteiger partial charge in [-0.15, -0.1) is 6.58 Å². The Morgan fingerprint density at radius 1 is 1.33 bits per heavy atom. The number of benzene rings is 1. The van der Waals surface area contributed by atoms with Crippen LogP contribution in [0.4, 0.5) is 0 Å². The fraction of sp³-hybridized carbons (Fsp3) is 0.500. The molecule has 21 heavy (non-hydrogen) atoms. The van der Waals surface area contributed by atoms with E-state index in [0.29, 0.717) is 18.4 Å². The molecule has 0 heterocycles. The first-order valence-electron chi connectivity index (χ1n) is 7.65. The van der Waals surface area contributed by atoms with Crippen LogP contribution in [0.2, 0.25) is 0 Å². The van der Waals surface area contributed by atoms with Crippen LogP contribution in [-0.2, 0) is 11.2 Å². The number of hydrogen-bond donors (Lipinski definition) is 2. The van der Waals surface area contributed by atoms with Crippen molar-refractivity contribution in [2.75, 3.05) is 0 Å². The molecule has 1 aromatic carbocycles. The molecule has 1 aromatic rings. The van der Waals surface area contributed by atoms with Gasteiger partial charge in [0.25, 0.3) is 0 Å².